The molecule has 0 aliphatic carbocycles. The summed E-state index contributed by atoms with van der Waals surface area (Å²) in [6.07, 6.45) is 2.97. The van der Waals surface area contributed by atoms with Gasteiger partial charge in [0, 0.05) is 7.05 Å². The van der Waals surface area contributed by atoms with Crippen LogP contribution in [0.5, 0.6) is 0 Å². The third-order valence-corrected chi connectivity index (χ3v) is 3.45. The summed E-state index contributed by atoms with van der Waals surface area (Å²) in [4.78, 5) is 5.48. The molecule has 0 fully saturated rings. The van der Waals surface area contributed by atoms with Gasteiger partial charge in [-0.3, -0.25) is 5.01 Å². The fourth-order valence-electron chi connectivity index (χ4n) is 2.43. The Morgan fingerprint density at radius 3 is 2.41 bits per heavy atom. The Balaban J connectivity index is 2.07. The highest BCUT2D eigenvalue weighted by atomic mass is 19.1. The van der Waals surface area contributed by atoms with Crippen molar-refractivity contribution in [3.05, 3.63) is 83.9 Å². The average Bonchev–Trinajstić information content (AvgIpc) is 3.04. The lowest BCUT2D eigenvalue weighted by Gasteiger charge is -2.30. The minimum absolute atomic E-state index is 0.315. The molecule has 6 heteroatoms. The zero-order valence-electron chi connectivity index (χ0n) is 11.9. The largest absolute Gasteiger partial charge is 0.287 e. The van der Waals surface area contributed by atoms with E-state index in [0.29, 0.717) is 0 Å². The van der Waals surface area contributed by atoms with E-state index >= 15 is 0 Å². The molecule has 0 radical (unpaired) electrons. The minimum atomic E-state index is -0.323. The molecule has 112 valence electrons. The summed E-state index contributed by atoms with van der Waals surface area (Å²) < 4.78 is 26.8. The van der Waals surface area contributed by atoms with Gasteiger partial charge in [-0.05, 0) is 35.4 Å². The van der Waals surface area contributed by atoms with E-state index in [1.54, 1.807) is 34.3 Å². The van der Waals surface area contributed by atoms with Crippen molar-refractivity contribution in [2.75, 3.05) is 12.1 Å². The van der Waals surface area contributed by atoms with Crippen molar-refractivity contribution in [1.82, 2.24) is 14.9 Å². The number of halogens is 2. The van der Waals surface area contributed by atoms with Gasteiger partial charge in [-0.2, -0.15) is 4.79 Å². The molecule has 1 aromatic heterocycles. The van der Waals surface area contributed by atoms with Gasteiger partial charge in [-0.15, -0.1) is 5.10 Å². The van der Waals surface area contributed by atoms with Crippen LogP contribution >= 0.6 is 0 Å². The van der Waals surface area contributed by atoms with Gasteiger partial charge in [0.1, 0.15) is 24.3 Å². The fourth-order valence-corrected chi connectivity index (χ4v) is 2.43. The summed E-state index contributed by atoms with van der Waals surface area (Å²) in [7, 11) is 1.81. The van der Waals surface area contributed by atoms with Gasteiger partial charge < -0.3 is 0 Å². The Kier molecular flexibility index (Phi) is 3.82. The molecule has 4 nitrogen and oxygen atoms in total. The average molecular weight is 300 g/mol. The van der Waals surface area contributed by atoms with Crippen molar-refractivity contribution < 1.29 is 8.78 Å². The lowest BCUT2D eigenvalue weighted by atomic mass is 9.98. The molecule has 1 heterocycles. The first-order chi connectivity index (χ1) is 10.6. The Morgan fingerprint density at radius 1 is 1.00 bits per heavy atom. The quantitative estimate of drug-likeness (QED) is 0.743. The molecule has 0 saturated carbocycles. The second-order valence-electron chi connectivity index (χ2n) is 4.90. The monoisotopic (exact) mass is 300 g/mol. The number of rotatable bonds is 4. The van der Waals surface area contributed by atoms with Gasteiger partial charge in [-0.1, -0.05) is 24.3 Å². The number of aromatic nitrogens is 3. The smallest absolute Gasteiger partial charge is 0.139 e. The topological polar surface area (TPSA) is 34.0 Å². The fraction of sp³-hybridized carbons (Fsp3) is 0.125. The van der Waals surface area contributed by atoms with Gasteiger partial charge in [0.15, 0.2) is 0 Å². The molecule has 0 aliphatic rings. The van der Waals surface area contributed by atoms with Crippen LogP contribution in [-0.2, 0) is 0 Å². The van der Waals surface area contributed by atoms with E-state index in [4.69, 9.17) is 0 Å². The van der Waals surface area contributed by atoms with Crippen molar-refractivity contribution in [2.24, 2.45) is 0 Å². The summed E-state index contributed by atoms with van der Waals surface area (Å²) in [6, 6.07) is 12.1. The molecule has 1 atom stereocenters. The lowest BCUT2D eigenvalue weighted by molar-refractivity contribution is 0.525. The minimum Gasteiger partial charge on any atom is -0.287 e. The van der Waals surface area contributed by atoms with Crippen LogP contribution in [0, 0.1) is 11.6 Å². The summed E-state index contributed by atoms with van der Waals surface area (Å²) in [6.45, 7) is 0. The van der Waals surface area contributed by atoms with Crippen LogP contribution in [0.25, 0.3) is 0 Å². The molecular weight excluding hydrogens is 286 g/mol. The van der Waals surface area contributed by atoms with Crippen LogP contribution in [0.1, 0.15) is 17.2 Å². The maximum atomic E-state index is 13.6. The Morgan fingerprint density at radius 2 is 1.77 bits per heavy atom. The van der Waals surface area contributed by atoms with Crippen molar-refractivity contribution in [3.8, 4) is 0 Å². The van der Waals surface area contributed by atoms with Gasteiger partial charge in [0.05, 0.1) is 6.04 Å². The van der Waals surface area contributed by atoms with Crippen LogP contribution in [0.2, 0.25) is 0 Å². The number of benzene rings is 2. The van der Waals surface area contributed by atoms with E-state index in [9.17, 15) is 8.78 Å². The number of hydrogen-bond acceptors (Lipinski definition) is 3. The first kappa shape index (κ1) is 14.2. The Labute approximate surface area is 126 Å². The van der Waals surface area contributed by atoms with E-state index in [-0.39, 0.29) is 17.7 Å². The van der Waals surface area contributed by atoms with E-state index in [1.165, 1.54) is 30.6 Å². The standard InChI is InChI=1S/C16H14F2N4/c1-21(22-11-19-10-20-22)16(12-5-7-14(17)8-6-12)13-3-2-4-15(18)9-13/h2-11,16H,1H3. The first-order valence-electron chi connectivity index (χ1n) is 6.74. The van der Waals surface area contributed by atoms with E-state index in [2.05, 4.69) is 10.1 Å². The zero-order valence-corrected chi connectivity index (χ0v) is 11.9. The van der Waals surface area contributed by atoms with Crippen LogP contribution in [0.3, 0.4) is 0 Å². The predicted octanol–water partition coefficient (Wildman–Crippen LogP) is 2.91. The Hall–Kier alpha value is -2.76. The molecule has 1 unspecified atom stereocenters. The molecule has 0 spiro atoms. The molecule has 3 rings (SSSR count). The maximum Gasteiger partial charge on any atom is 0.139 e. The first-order valence-corrected chi connectivity index (χ1v) is 6.74. The van der Waals surface area contributed by atoms with Crippen LogP contribution in [-0.4, -0.2) is 21.9 Å². The highest BCUT2D eigenvalue weighted by Gasteiger charge is 2.21. The summed E-state index contributed by atoms with van der Waals surface area (Å²) in [5, 5.41) is 5.89. The normalized spacial score (nSPS) is 12.1. The molecular formula is C16H14F2N4. The van der Waals surface area contributed by atoms with Crippen LogP contribution in [0.15, 0.2) is 61.2 Å². The van der Waals surface area contributed by atoms with E-state index < -0.39 is 0 Å². The second-order valence-corrected chi connectivity index (χ2v) is 4.90. The van der Waals surface area contributed by atoms with Gasteiger partial charge >= 0.3 is 0 Å². The number of nitrogens with zero attached hydrogens (tertiary/aromatic N) is 4. The van der Waals surface area contributed by atoms with Crippen molar-refractivity contribution in [1.29, 1.82) is 0 Å². The zero-order chi connectivity index (χ0) is 15.5. The van der Waals surface area contributed by atoms with Crippen LogP contribution in [0.4, 0.5) is 8.78 Å². The molecule has 22 heavy (non-hydrogen) atoms. The van der Waals surface area contributed by atoms with Gasteiger partial charge in [0.25, 0.3) is 0 Å². The van der Waals surface area contributed by atoms with Gasteiger partial charge in [0.2, 0.25) is 0 Å². The summed E-state index contributed by atoms with van der Waals surface area (Å²) in [5.74, 6) is -0.637. The lowest BCUT2D eigenvalue weighted by Crippen LogP contribution is -2.35. The van der Waals surface area contributed by atoms with Crippen molar-refractivity contribution >= 4 is 0 Å². The molecule has 0 saturated heterocycles. The molecule has 0 aliphatic heterocycles. The van der Waals surface area contributed by atoms with Crippen molar-refractivity contribution in [2.45, 2.75) is 6.04 Å². The third-order valence-electron chi connectivity index (χ3n) is 3.45. The third kappa shape index (κ3) is 2.81. The molecule has 3 aromatic rings. The van der Waals surface area contributed by atoms with Crippen molar-refractivity contribution in [3.63, 3.8) is 0 Å². The molecule has 0 bridgehead atoms. The highest BCUT2D eigenvalue weighted by molar-refractivity contribution is 5.35. The second kappa shape index (κ2) is 5.93. The molecule has 2 aromatic carbocycles. The molecule has 0 amide bonds. The molecule has 0 N–H and O–H groups in total. The van der Waals surface area contributed by atoms with Crippen LogP contribution < -0.4 is 5.01 Å². The SMILES string of the molecule is CN(C(c1ccc(F)cc1)c1cccc(F)c1)n1cncn1. The summed E-state index contributed by atoms with van der Waals surface area (Å²) >= 11 is 0. The summed E-state index contributed by atoms with van der Waals surface area (Å²) in [5.41, 5.74) is 1.56. The van der Waals surface area contributed by atoms with Gasteiger partial charge in [-0.25, -0.2) is 13.8 Å². The highest BCUT2D eigenvalue weighted by Crippen LogP contribution is 2.27. The van der Waals surface area contributed by atoms with E-state index in [1.807, 2.05) is 13.1 Å². The van der Waals surface area contributed by atoms with E-state index in [0.717, 1.165) is 11.1 Å². The predicted molar refractivity (Wildman–Crippen MR) is 78.8 cm³/mol. The Bertz CT molecular complexity index is 741. The number of hydrogen-bond donors (Lipinski definition) is 0. The maximum absolute atomic E-state index is 13.6.